The molecule has 0 aliphatic rings. The number of fused-ring (bicyclic) bond motifs is 1. The standard InChI is InChI=1S/C19H17FN10O/c1-2-12(25-16-11(8-21)15(22)27-19(23)28-16)17-26-13-4-3-9(20)7-10(13)18(31)30(17)14-5-6-24-29-14/h3-7,12H,2H2,1H3,(H,24,29)(H5,22,23,25,27,28). The average molecular weight is 420 g/mol. The Morgan fingerprint density at radius 2 is 2.10 bits per heavy atom. The first kappa shape index (κ1) is 19.8. The van der Waals surface area contributed by atoms with Crippen LogP contribution in [0.1, 0.15) is 30.8 Å². The SMILES string of the molecule is CCC(Nc1nc(N)nc(N)c1C#N)c1nc2ccc(F)cc2c(=O)n1-c1cc[nH]n1. The molecule has 0 saturated heterocycles. The van der Waals surface area contributed by atoms with E-state index in [2.05, 4.69) is 30.5 Å². The van der Waals surface area contributed by atoms with Crippen molar-refractivity contribution in [2.75, 3.05) is 16.8 Å². The van der Waals surface area contributed by atoms with Crippen molar-refractivity contribution in [3.63, 3.8) is 0 Å². The third kappa shape index (κ3) is 3.48. The molecule has 4 aromatic rings. The molecule has 3 heterocycles. The van der Waals surface area contributed by atoms with Gasteiger partial charge in [0.2, 0.25) is 5.95 Å². The van der Waals surface area contributed by atoms with Crippen LogP contribution in [0.4, 0.5) is 22.0 Å². The van der Waals surface area contributed by atoms with Crippen molar-refractivity contribution in [2.24, 2.45) is 0 Å². The van der Waals surface area contributed by atoms with E-state index < -0.39 is 17.4 Å². The molecule has 6 N–H and O–H groups in total. The van der Waals surface area contributed by atoms with Crippen molar-refractivity contribution < 1.29 is 4.39 Å². The fraction of sp³-hybridized carbons (Fsp3) is 0.158. The molecule has 1 aromatic carbocycles. The fourth-order valence-corrected chi connectivity index (χ4v) is 3.23. The first-order chi connectivity index (χ1) is 14.9. The van der Waals surface area contributed by atoms with Gasteiger partial charge in [-0.15, -0.1) is 0 Å². The molecule has 0 aliphatic carbocycles. The first-order valence-corrected chi connectivity index (χ1v) is 9.25. The second kappa shape index (κ2) is 7.71. The van der Waals surface area contributed by atoms with Crippen LogP contribution in [0.25, 0.3) is 16.7 Å². The maximum absolute atomic E-state index is 13.8. The molecule has 0 aliphatic heterocycles. The van der Waals surface area contributed by atoms with E-state index in [-0.39, 0.29) is 34.4 Å². The lowest BCUT2D eigenvalue weighted by atomic mass is 10.1. The molecule has 3 aromatic heterocycles. The Hall–Kier alpha value is -4.53. The lowest BCUT2D eigenvalue weighted by Gasteiger charge is -2.21. The zero-order valence-corrected chi connectivity index (χ0v) is 16.3. The van der Waals surface area contributed by atoms with Gasteiger partial charge in [-0.1, -0.05) is 6.92 Å². The van der Waals surface area contributed by atoms with E-state index in [1.54, 1.807) is 12.3 Å². The molecule has 0 amide bonds. The van der Waals surface area contributed by atoms with Gasteiger partial charge in [0.05, 0.1) is 16.9 Å². The largest absolute Gasteiger partial charge is 0.382 e. The van der Waals surface area contributed by atoms with Crippen molar-refractivity contribution in [1.82, 2.24) is 29.7 Å². The van der Waals surface area contributed by atoms with Gasteiger partial charge in [0.25, 0.3) is 5.56 Å². The van der Waals surface area contributed by atoms with Crippen LogP contribution >= 0.6 is 0 Å². The molecule has 156 valence electrons. The number of halogens is 1. The number of nitrogens with two attached hydrogens (primary N) is 2. The van der Waals surface area contributed by atoms with E-state index in [0.29, 0.717) is 17.8 Å². The number of hydrogen-bond donors (Lipinski definition) is 4. The van der Waals surface area contributed by atoms with Gasteiger partial charge in [-0.25, -0.2) is 13.9 Å². The summed E-state index contributed by atoms with van der Waals surface area (Å²) in [4.78, 5) is 25.7. The van der Waals surface area contributed by atoms with Gasteiger partial charge >= 0.3 is 0 Å². The number of nitrogen functional groups attached to an aromatic ring is 2. The molecule has 4 rings (SSSR count). The topological polar surface area (TPSA) is 177 Å². The maximum Gasteiger partial charge on any atom is 0.267 e. The lowest BCUT2D eigenvalue weighted by molar-refractivity contribution is 0.627. The molecule has 1 unspecified atom stereocenters. The summed E-state index contributed by atoms with van der Waals surface area (Å²) in [5.74, 6) is -0.0520. The van der Waals surface area contributed by atoms with E-state index >= 15 is 0 Å². The van der Waals surface area contributed by atoms with Gasteiger partial charge < -0.3 is 16.8 Å². The van der Waals surface area contributed by atoms with Gasteiger partial charge in [-0.05, 0) is 24.6 Å². The lowest BCUT2D eigenvalue weighted by Crippen LogP contribution is -2.29. The highest BCUT2D eigenvalue weighted by molar-refractivity contribution is 5.78. The van der Waals surface area contributed by atoms with Crippen LogP contribution in [0.3, 0.4) is 0 Å². The van der Waals surface area contributed by atoms with Gasteiger partial charge in [-0.3, -0.25) is 9.89 Å². The Bertz CT molecular complexity index is 1370. The number of nitrogens with one attached hydrogen (secondary N) is 2. The smallest absolute Gasteiger partial charge is 0.267 e. The highest BCUT2D eigenvalue weighted by Crippen LogP contribution is 2.27. The normalized spacial score (nSPS) is 11.9. The number of benzene rings is 1. The van der Waals surface area contributed by atoms with E-state index in [9.17, 15) is 14.4 Å². The zero-order valence-electron chi connectivity index (χ0n) is 16.3. The first-order valence-electron chi connectivity index (χ1n) is 9.25. The van der Waals surface area contributed by atoms with E-state index in [1.165, 1.54) is 16.7 Å². The molecule has 0 fully saturated rings. The summed E-state index contributed by atoms with van der Waals surface area (Å²) in [7, 11) is 0. The molecule has 1 atom stereocenters. The molecular formula is C19H17FN10O. The van der Waals surface area contributed by atoms with E-state index in [1.807, 2.05) is 13.0 Å². The minimum Gasteiger partial charge on any atom is -0.382 e. The van der Waals surface area contributed by atoms with Crippen molar-refractivity contribution in [3.05, 3.63) is 58.0 Å². The quantitative estimate of drug-likeness (QED) is 0.373. The van der Waals surface area contributed by atoms with E-state index in [4.69, 9.17) is 11.5 Å². The Morgan fingerprint density at radius 3 is 2.77 bits per heavy atom. The van der Waals surface area contributed by atoms with E-state index in [0.717, 1.165) is 6.07 Å². The number of hydrogen-bond acceptors (Lipinski definition) is 9. The second-order valence-corrected chi connectivity index (χ2v) is 6.61. The van der Waals surface area contributed by atoms with Crippen LogP contribution in [0.15, 0.2) is 35.3 Å². The van der Waals surface area contributed by atoms with Gasteiger partial charge in [0, 0.05) is 12.3 Å². The summed E-state index contributed by atoms with van der Waals surface area (Å²) in [6.45, 7) is 1.85. The predicted octanol–water partition coefficient (Wildman–Crippen LogP) is 1.64. The van der Waals surface area contributed by atoms with Crippen LogP contribution < -0.4 is 22.3 Å². The summed E-state index contributed by atoms with van der Waals surface area (Å²) in [6, 6.07) is 6.72. The minimum absolute atomic E-state index is 0.0178. The summed E-state index contributed by atoms with van der Waals surface area (Å²) in [5, 5.41) is 19.4. The summed E-state index contributed by atoms with van der Waals surface area (Å²) < 4.78 is 15.1. The third-order valence-electron chi connectivity index (χ3n) is 4.67. The molecule has 0 bridgehead atoms. The van der Waals surface area contributed by atoms with Gasteiger partial charge in [0.1, 0.15) is 29.1 Å². The molecule has 0 spiro atoms. The number of H-pyrrole nitrogens is 1. The van der Waals surface area contributed by atoms with Crippen molar-refractivity contribution in [3.8, 4) is 11.9 Å². The molecule has 11 nitrogen and oxygen atoms in total. The predicted molar refractivity (Wildman–Crippen MR) is 112 cm³/mol. The summed E-state index contributed by atoms with van der Waals surface area (Å²) in [6.07, 6.45) is 1.99. The molecule has 12 heteroatoms. The average Bonchev–Trinajstić information content (AvgIpc) is 3.26. The number of nitriles is 1. The number of aromatic nitrogens is 6. The van der Waals surface area contributed by atoms with Crippen LogP contribution in [0, 0.1) is 17.1 Å². The van der Waals surface area contributed by atoms with Gasteiger partial charge in [-0.2, -0.15) is 20.3 Å². The monoisotopic (exact) mass is 420 g/mol. The van der Waals surface area contributed by atoms with Crippen LogP contribution in [0.2, 0.25) is 0 Å². The fourth-order valence-electron chi connectivity index (χ4n) is 3.23. The Balaban J connectivity index is 1.94. The molecule has 0 radical (unpaired) electrons. The summed E-state index contributed by atoms with van der Waals surface area (Å²) in [5.41, 5.74) is 11.3. The molecule has 0 saturated carbocycles. The number of anilines is 3. The minimum atomic E-state index is -0.598. The van der Waals surface area contributed by atoms with Crippen molar-refractivity contribution >= 4 is 28.5 Å². The maximum atomic E-state index is 13.8. The summed E-state index contributed by atoms with van der Waals surface area (Å²) >= 11 is 0. The van der Waals surface area contributed by atoms with Crippen molar-refractivity contribution in [2.45, 2.75) is 19.4 Å². The number of nitrogens with zero attached hydrogens (tertiary/aromatic N) is 6. The zero-order chi connectivity index (χ0) is 22.1. The second-order valence-electron chi connectivity index (χ2n) is 6.61. The molecule has 31 heavy (non-hydrogen) atoms. The molecular weight excluding hydrogens is 403 g/mol. The number of aromatic amines is 1. The highest BCUT2D eigenvalue weighted by Gasteiger charge is 2.23. The Morgan fingerprint density at radius 1 is 1.29 bits per heavy atom. The Kier molecular flexibility index (Phi) is 4.92. The van der Waals surface area contributed by atoms with Crippen LogP contribution in [-0.2, 0) is 0 Å². The third-order valence-corrected chi connectivity index (χ3v) is 4.67. The van der Waals surface area contributed by atoms with Crippen LogP contribution in [0.5, 0.6) is 0 Å². The highest BCUT2D eigenvalue weighted by atomic mass is 19.1. The van der Waals surface area contributed by atoms with Crippen molar-refractivity contribution in [1.29, 1.82) is 5.26 Å². The van der Waals surface area contributed by atoms with Crippen LogP contribution in [-0.4, -0.2) is 29.7 Å². The number of rotatable bonds is 5. The van der Waals surface area contributed by atoms with Gasteiger partial charge in [0.15, 0.2) is 11.6 Å². The Labute approximate surface area is 174 Å².